The van der Waals surface area contributed by atoms with Gasteiger partial charge in [-0.3, -0.25) is 14.8 Å². The second kappa shape index (κ2) is 3.72. The van der Waals surface area contributed by atoms with Crippen molar-refractivity contribution in [1.29, 1.82) is 0 Å². The van der Waals surface area contributed by atoms with E-state index in [1.165, 1.54) is 10.9 Å². The number of nitro groups is 1. The molecule has 0 saturated heterocycles. The SMILES string of the molecule is CC(CO)(CO)n1cc([N+](=O)[O-])cn1. The van der Waals surface area contributed by atoms with E-state index in [0.717, 1.165) is 6.20 Å². The average molecular weight is 201 g/mol. The van der Waals surface area contributed by atoms with Crippen molar-refractivity contribution in [3.63, 3.8) is 0 Å². The van der Waals surface area contributed by atoms with Crippen molar-refractivity contribution < 1.29 is 15.1 Å². The highest BCUT2D eigenvalue weighted by Crippen LogP contribution is 2.17. The quantitative estimate of drug-likeness (QED) is 0.504. The third-order valence-corrected chi connectivity index (χ3v) is 2.01. The Morgan fingerprint density at radius 1 is 1.64 bits per heavy atom. The predicted molar refractivity (Wildman–Crippen MR) is 46.7 cm³/mol. The van der Waals surface area contributed by atoms with E-state index in [1.807, 2.05) is 0 Å². The number of hydrogen-bond acceptors (Lipinski definition) is 5. The van der Waals surface area contributed by atoms with Crippen LogP contribution in [-0.2, 0) is 5.54 Å². The first kappa shape index (κ1) is 10.6. The van der Waals surface area contributed by atoms with Crippen LogP contribution in [0.15, 0.2) is 12.4 Å². The Morgan fingerprint density at radius 3 is 2.57 bits per heavy atom. The topological polar surface area (TPSA) is 101 Å². The summed E-state index contributed by atoms with van der Waals surface area (Å²) < 4.78 is 1.19. The maximum atomic E-state index is 10.3. The Kier molecular flexibility index (Phi) is 2.82. The van der Waals surface area contributed by atoms with Crippen LogP contribution in [-0.4, -0.2) is 38.1 Å². The Hall–Kier alpha value is -1.47. The van der Waals surface area contributed by atoms with Gasteiger partial charge in [0.05, 0.1) is 18.1 Å². The third kappa shape index (κ3) is 1.73. The molecular weight excluding hydrogens is 190 g/mol. The fourth-order valence-corrected chi connectivity index (χ4v) is 0.898. The summed E-state index contributed by atoms with van der Waals surface area (Å²) in [5.41, 5.74) is -1.17. The summed E-state index contributed by atoms with van der Waals surface area (Å²) >= 11 is 0. The monoisotopic (exact) mass is 201 g/mol. The summed E-state index contributed by atoms with van der Waals surface area (Å²) in [4.78, 5) is 9.76. The fraction of sp³-hybridized carbons (Fsp3) is 0.571. The zero-order valence-electron chi connectivity index (χ0n) is 7.62. The van der Waals surface area contributed by atoms with Crippen molar-refractivity contribution in [1.82, 2.24) is 9.78 Å². The lowest BCUT2D eigenvalue weighted by atomic mass is 10.1. The van der Waals surface area contributed by atoms with Crippen LogP contribution >= 0.6 is 0 Å². The normalized spacial score (nSPS) is 11.6. The van der Waals surface area contributed by atoms with Crippen molar-refractivity contribution in [3.05, 3.63) is 22.5 Å². The molecule has 0 aliphatic heterocycles. The van der Waals surface area contributed by atoms with Crippen molar-refractivity contribution in [2.24, 2.45) is 0 Å². The third-order valence-electron chi connectivity index (χ3n) is 2.01. The van der Waals surface area contributed by atoms with E-state index in [9.17, 15) is 10.1 Å². The first-order valence-electron chi connectivity index (χ1n) is 3.95. The number of aliphatic hydroxyl groups excluding tert-OH is 2. The molecule has 0 unspecified atom stereocenters. The molecule has 0 spiro atoms. The minimum atomic E-state index is -1.01. The first-order chi connectivity index (χ1) is 6.53. The lowest BCUT2D eigenvalue weighted by Gasteiger charge is -2.24. The molecule has 7 heteroatoms. The molecule has 78 valence electrons. The van der Waals surface area contributed by atoms with Gasteiger partial charge in [0, 0.05) is 0 Å². The molecule has 1 rings (SSSR count). The van der Waals surface area contributed by atoms with Gasteiger partial charge in [0.2, 0.25) is 0 Å². The Balaban J connectivity index is 3.01. The minimum absolute atomic E-state index is 0.168. The second-order valence-electron chi connectivity index (χ2n) is 3.21. The molecule has 14 heavy (non-hydrogen) atoms. The highest BCUT2D eigenvalue weighted by molar-refractivity contribution is 5.21. The number of nitrogens with zero attached hydrogens (tertiary/aromatic N) is 3. The molecule has 2 N–H and O–H groups in total. The molecule has 0 aliphatic carbocycles. The Labute approximate surface area is 79.7 Å². The van der Waals surface area contributed by atoms with Gasteiger partial charge in [-0.25, -0.2) is 0 Å². The maximum absolute atomic E-state index is 10.3. The summed E-state index contributed by atoms with van der Waals surface area (Å²) in [7, 11) is 0. The van der Waals surface area contributed by atoms with E-state index in [2.05, 4.69) is 5.10 Å². The molecule has 1 aromatic heterocycles. The zero-order chi connectivity index (χ0) is 10.8. The smallest absolute Gasteiger partial charge is 0.307 e. The van der Waals surface area contributed by atoms with Crippen LogP contribution < -0.4 is 0 Å². The standard InChI is InChI=1S/C7H11N3O4/c1-7(4-11,5-12)9-3-6(2-8-9)10(13)14/h2-3,11-12H,4-5H2,1H3. The van der Waals surface area contributed by atoms with Crippen LogP contribution in [0.4, 0.5) is 5.69 Å². The number of aliphatic hydroxyl groups is 2. The highest BCUT2D eigenvalue weighted by Gasteiger charge is 2.27. The number of hydrogen-bond donors (Lipinski definition) is 2. The van der Waals surface area contributed by atoms with E-state index in [1.54, 1.807) is 6.92 Å². The van der Waals surface area contributed by atoms with Crippen molar-refractivity contribution in [3.8, 4) is 0 Å². The van der Waals surface area contributed by atoms with E-state index in [4.69, 9.17) is 10.2 Å². The van der Waals surface area contributed by atoms with Gasteiger partial charge in [-0.1, -0.05) is 0 Å². The van der Waals surface area contributed by atoms with Gasteiger partial charge < -0.3 is 10.2 Å². The van der Waals surface area contributed by atoms with E-state index in [-0.39, 0.29) is 18.9 Å². The largest absolute Gasteiger partial charge is 0.394 e. The molecule has 0 amide bonds. The van der Waals surface area contributed by atoms with Crippen LogP contribution in [0.5, 0.6) is 0 Å². The van der Waals surface area contributed by atoms with Gasteiger partial charge in [0.15, 0.2) is 0 Å². The average Bonchev–Trinajstić information content (AvgIpc) is 2.66. The van der Waals surface area contributed by atoms with Crippen LogP contribution in [0.2, 0.25) is 0 Å². The van der Waals surface area contributed by atoms with Crippen LogP contribution in [0.25, 0.3) is 0 Å². The molecule has 0 aromatic carbocycles. The summed E-state index contributed by atoms with van der Waals surface area (Å²) in [6.45, 7) is 0.856. The van der Waals surface area contributed by atoms with E-state index < -0.39 is 10.5 Å². The summed E-state index contributed by atoms with van der Waals surface area (Å²) in [6.07, 6.45) is 2.25. The summed E-state index contributed by atoms with van der Waals surface area (Å²) in [5, 5.41) is 32.0. The maximum Gasteiger partial charge on any atom is 0.307 e. The van der Waals surface area contributed by atoms with Crippen molar-refractivity contribution >= 4 is 5.69 Å². The Morgan fingerprint density at radius 2 is 2.21 bits per heavy atom. The molecule has 0 saturated carbocycles. The summed E-state index contributed by atoms with van der Waals surface area (Å²) in [5.74, 6) is 0. The lowest BCUT2D eigenvalue weighted by molar-refractivity contribution is -0.385. The zero-order valence-corrected chi connectivity index (χ0v) is 7.62. The van der Waals surface area contributed by atoms with E-state index >= 15 is 0 Å². The second-order valence-corrected chi connectivity index (χ2v) is 3.21. The Bertz CT molecular complexity index is 331. The molecule has 1 aromatic rings. The molecule has 7 nitrogen and oxygen atoms in total. The van der Waals surface area contributed by atoms with Crippen LogP contribution in [0, 0.1) is 10.1 Å². The molecular formula is C7H11N3O4. The first-order valence-corrected chi connectivity index (χ1v) is 3.95. The molecule has 1 heterocycles. The highest BCUT2D eigenvalue weighted by atomic mass is 16.6. The van der Waals surface area contributed by atoms with Gasteiger partial charge >= 0.3 is 5.69 Å². The molecule has 0 aliphatic rings. The van der Waals surface area contributed by atoms with Gasteiger partial charge in [0.25, 0.3) is 0 Å². The molecule has 0 bridgehead atoms. The fourth-order valence-electron chi connectivity index (χ4n) is 0.898. The summed E-state index contributed by atoms with van der Waals surface area (Å²) in [6, 6.07) is 0. The van der Waals surface area contributed by atoms with Gasteiger partial charge in [-0.15, -0.1) is 0 Å². The van der Waals surface area contributed by atoms with Crippen LogP contribution in [0.1, 0.15) is 6.92 Å². The number of rotatable bonds is 4. The van der Waals surface area contributed by atoms with E-state index in [0.29, 0.717) is 0 Å². The minimum Gasteiger partial charge on any atom is -0.394 e. The lowest BCUT2D eigenvalue weighted by Crippen LogP contribution is -2.38. The molecule has 0 fully saturated rings. The van der Waals surface area contributed by atoms with Crippen LogP contribution in [0.3, 0.4) is 0 Å². The van der Waals surface area contributed by atoms with Crippen molar-refractivity contribution in [2.75, 3.05) is 13.2 Å². The predicted octanol–water partition coefficient (Wildman–Crippen LogP) is -0.509. The van der Waals surface area contributed by atoms with Crippen molar-refractivity contribution in [2.45, 2.75) is 12.5 Å². The number of aromatic nitrogens is 2. The molecule has 0 radical (unpaired) electrons. The molecule has 0 atom stereocenters. The van der Waals surface area contributed by atoms with Gasteiger partial charge in [0.1, 0.15) is 17.9 Å². The van der Waals surface area contributed by atoms with Gasteiger partial charge in [-0.05, 0) is 6.92 Å². The van der Waals surface area contributed by atoms with Gasteiger partial charge in [-0.2, -0.15) is 5.10 Å².